The minimum Gasteiger partial charge on any atom is -0.324 e. The number of aryl methyl sites for hydroxylation is 1. The molecule has 3 N–H and O–H groups in total. The van der Waals surface area contributed by atoms with E-state index in [1.165, 1.54) is 0 Å². The van der Waals surface area contributed by atoms with E-state index >= 15 is 0 Å². The molecule has 0 fully saturated rings. The molecule has 1 aromatic rings. The van der Waals surface area contributed by atoms with Gasteiger partial charge in [-0.2, -0.15) is 0 Å². The van der Waals surface area contributed by atoms with Crippen molar-refractivity contribution in [1.82, 2.24) is 0 Å². The fourth-order valence-electron chi connectivity index (χ4n) is 1.24. The predicted molar refractivity (Wildman–Crippen MR) is 67.6 cm³/mol. The lowest BCUT2D eigenvalue weighted by Gasteiger charge is -2.12. The highest BCUT2D eigenvalue weighted by Crippen LogP contribution is 2.20. The maximum atomic E-state index is 11.6. The predicted octanol–water partition coefficient (Wildman–Crippen LogP) is 2.49. The second-order valence-electron chi connectivity index (χ2n) is 3.58. The van der Waals surface area contributed by atoms with E-state index in [9.17, 15) is 4.79 Å². The number of nitrogens with one attached hydrogen (secondary N) is 1. The molecule has 86 valence electrons. The summed E-state index contributed by atoms with van der Waals surface area (Å²) in [7, 11) is 0. The second kappa shape index (κ2) is 5.68. The highest BCUT2D eigenvalue weighted by molar-refractivity contribution is 6.31. The molecule has 1 unspecified atom stereocenters. The summed E-state index contributed by atoms with van der Waals surface area (Å²) in [4.78, 5) is 11.6. The molecule has 3 nitrogen and oxygen atoms in total. The maximum Gasteiger partial charge on any atom is 0.241 e. The Balaban J connectivity index is 2.76. The average Bonchev–Trinajstić information content (AvgIpc) is 2.23. The molecule has 0 radical (unpaired) electrons. The van der Waals surface area contributed by atoms with Crippen molar-refractivity contribution in [2.45, 2.75) is 19.4 Å². The highest BCUT2D eigenvalue weighted by Gasteiger charge is 2.12. The van der Waals surface area contributed by atoms with E-state index in [1.54, 1.807) is 18.2 Å². The van der Waals surface area contributed by atoms with Gasteiger partial charge in [-0.15, -0.1) is 6.58 Å². The van der Waals surface area contributed by atoms with Crippen molar-refractivity contribution in [2.75, 3.05) is 5.32 Å². The molecule has 0 saturated heterocycles. The highest BCUT2D eigenvalue weighted by atomic mass is 35.5. The summed E-state index contributed by atoms with van der Waals surface area (Å²) in [6, 6.07) is 4.75. The third-order valence-corrected chi connectivity index (χ3v) is 2.45. The first-order valence-corrected chi connectivity index (χ1v) is 5.36. The van der Waals surface area contributed by atoms with Gasteiger partial charge < -0.3 is 11.1 Å². The van der Waals surface area contributed by atoms with Crippen LogP contribution in [-0.2, 0) is 4.79 Å². The van der Waals surface area contributed by atoms with Gasteiger partial charge in [-0.3, -0.25) is 4.79 Å². The minimum absolute atomic E-state index is 0.231. The maximum absolute atomic E-state index is 11.6. The van der Waals surface area contributed by atoms with Crippen LogP contribution >= 0.6 is 11.6 Å². The quantitative estimate of drug-likeness (QED) is 0.792. The zero-order valence-electron chi connectivity index (χ0n) is 9.16. The number of amides is 1. The Morgan fingerprint density at radius 1 is 1.69 bits per heavy atom. The van der Waals surface area contributed by atoms with Gasteiger partial charge in [-0.25, -0.2) is 0 Å². The van der Waals surface area contributed by atoms with Crippen molar-refractivity contribution < 1.29 is 4.79 Å². The SMILES string of the molecule is C=CCC(N)C(=O)Nc1cc(Cl)ccc1C. The van der Waals surface area contributed by atoms with E-state index in [0.29, 0.717) is 17.1 Å². The Morgan fingerprint density at radius 3 is 3.00 bits per heavy atom. The van der Waals surface area contributed by atoms with Crippen LogP contribution < -0.4 is 11.1 Å². The zero-order chi connectivity index (χ0) is 12.1. The van der Waals surface area contributed by atoms with Crippen molar-refractivity contribution in [3.63, 3.8) is 0 Å². The Bertz CT molecular complexity index is 404. The van der Waals surface area contributed by atoms with Gasteiger partial charge in [0, 0.05) is 10.7 Å². The standard InChI is InChI=1S/C12H15ClN2O/c1-3-4-10(14)12(16)15-11-7-9(13)6-5-8(11)2/h3,5-7,10H,1,4,14H2,2H3,(H,15,16). The summed E-state index contributed by atoms with van der Waals surface area (Å²) in [6.07, 6.45) is 2.07. The van der Waals surface area contributed by atoms with Gasteiger partial charge in [-0.1, -0.05) is 23.7 Å². The molecule has 0 saturated carbocycles. The van der Waals surface area contributed by atoms with E-state index < -0.39 is 6.04 Å². The fraction of sp³-hybridized carbons (Fsp3) is 0.250. The molecular formula is C12H15ClN2O. The van der Waals surface area contributed by atoms with Gasteiger partial charge in [-0.05, 0) is 31.0 Å². The smallest absolute Gasteiger partial charge is 0.241 e. The number of benzene rings is 1. The summed E-state index contributed by atoms with van der Waals surface area (Å²) in [5, 5.41) is 3.32. The van der Waals surface area contributed by atoms with Gasteiger partial charge in [0.15, 0.2) is 0 Å². The Labute approximate surface area is 100 Å². The third kappa shape index (κ3) is 3.36. The third-order valence-electron chi connectivity index (χ3n) is 2.21. The van der Waals surface area contributed by atoms with Crippen LogP contribution in [0.4, 0.5) is 5.69 Å². The number of carbonyl (C=O) groups is 1. The molecule has 1 atom stereocenters. The Morgan fingerprint density at radius 2 is 2.38 bits per heavy atom. The van der Waals surface area contributed by atoms with Crippen LogP contribution in [0.1, 0.15) is 12.0 Å². The number of hydrogen-bond acceptors (Lipinski definition) is 2. The lowest BCUT2D eigenvalue weighted by molar-refractivity contribution is -0.117. The van der Waals surface area contributed by atoms with Crippen molar-refractivity contribution in [3.8, 4) is 0 Å². The molecule has 0 bridgehead atoms. The number of anilines is 1. The summed E-state index contributed by atoms with van der Waals surface area (Å²) >= 11 is 5.84. The lowest BCUT2D eigenvalue weighted by atomic mass is 10.1. The van der Waals surface area contributed by atoms with Gasteiger partial charge in [0.2, 0.25) is 5.91 Å². The van der Waals surface area contributed by atoms with Crippen LogP contribution in [0.3, 0.4) is 0 Å². The summed E-state index contributed by atoms with van der Waals surface area (Å²) < 4.78 is 0. The van der Waals surface area contributed by atoms with Gasteiger partial charge in [0.05, 0.1) is 6.04 Å². The molecule has 0 spiro atoms. The number of hydrogen-bond donors (Lipinski definition) is 2. The Hall–Kier alpha value is -1.32. The van der Waals surface area contributed by atoms with Gasteiger partial charge in [0.25, 0.3) is 0 Å². The Kier molecular flexibility index (Phi) is 4.52. The molecule has 0 aliphatic heterocycles. The molecule has 1 aromatic carbocycles. The van der Waals surface area contributed by atoms with Gasteiger partial charge >= 0.3 is 0 Å². The average molecular weight is 239 g/mol. The molecule has 0 aromatic heterocycles. The number of halogens is 1. The zero-order valence-corrected chi connectivity index (χ0v) is 9.92. The van der Waals surface area contributed by atoms with Crippen LogP contribution in [0, 0.1) is 6.92 Å². The number of rotatable bonds is 4. The van der Waals surface area contributed by atoms with Crippen LogP contribution in [0.2, 0.25) is 5.02 Å². The number of carbonyl (C=O) groups excluding carboxylic acids is 1. The van der Waals surface area contributed by atoms with E-state index in [2.05, 4.69) is 11.9 Å². The molecular weight excluding hydrogens is 224 g/mol. The van der Waals surface area contributed by atoms with E-state index in [-0.39, 0.29) is 5.91 Å². The first-order chi connectivity index (χ1) is 7.54. The van der Waals surface area contributed by atoms with E-state index in [1.807, 2.05) is 13.0 Å². The van der Waals surface area contributed by atoms with Crippen LogP contribution in [-0.4, -0.2) is 11.9 Å². The first kappa shape index (κ1) is 12.7. The lowest BCUT2D eigenvalue weighted by Crippen LogP contribution is -2.35. The van der Waals surface area contributed by atoms with Gasteiger partial charge in [0.1, 0.15) is 0 Å². The minimum atomic E-state index is -0.573. The van der Waals surface area contributed by atoms with Crippen LogP contribution in [0.25, 0.3) is 0 Å². The fourth-order valence-corrected chi connectivity index (χ4v) is 1.41. The topological polar surface area (TPSA) is 55.1 Å². The van der Waals surface area contributed by atoms with Crippen molar-refractivity contribution in [3.05, 3.63) is 41.4 Å². The second-order valence-corrected chi connectivity index (χ2v) is 4.02. The summed E-state index contributed by atoms with van der Waals surface area (Å²) in [5.74, 6) is -0.231. The van der Waals surface area contributed by atoms with E-state index in [4.69, 9.17) is 17.3 Å². The summed E-state index contributed by atoms with van der Waals surface area (Å²) in [6.45, 7) is 5.43. The van der Waals surface area contributed by atoms with Crippen LogP contribution in [0.15, 0.2) is 30.9 Å². The van der Waals surface area contributed by atoms with Crippen LogP contribution in [0.5, 0.6) is 0 Å². The molecule has 0 aliphatic carbocycles. The molecule has 4 heteroatoms. The monoisotopic (exact) mass is 238 g/mol. The number of nitrogens with two attached hydrogens (primary N) is 1. The molecule has 0 aliphatic rings. The summed E-state index contributed by atoms with van der Waals surface area (Å²) in [5.41, 5.74) is 7.29. The largest absolute Gasteiger partial charge is 0.324 e. The van der Waals surface area contributed by atoms with E-state index in [0.717, 1.165) is 5.56 Å². The molecule has 1 rings (SSSR count). The van der Waals surface area contributed by atoms with Crippen molar-refractivity contribution in [2.24, 2.45) is 5.73 Å². The normalized spacial score (nSPS) is 11.9. The molecule has 1 amide bonds. The first-order valence-electron chi connectivity index (χ1n) is 4.98. The van der Waals surface area contributed by atoms with Crippen molar-refractivity contribution in [1.29, 1.82) is 0 Å². The molecule has 0 heterocycles. The van der Waals surface area contributed by atoms with Crippen molar-refractivity contribution >= 4 is 23.2 Å². The molecule has 16 heavy (non-hydrogen) atoms.